The van der Waals surface area contributed by atoms with Crippen molar-refractivity contribution in [2.24, 2.45) is 0 Å². The van der Waals surface area contributed by atoms with Gasteiger partial charge in [0.25, 0.3) is 0 Å². The van der Waals surface area contributed by atoms with Gasteiger partial charge in [-0.2, -0.15) is 0 Å². The Morgan fingerprint density at radius 1 is 1.19 bits per heavy atom. The number of carboxylic acids is 1. The molecule has 31 heavy (non-hydrogen) atoms. The van der Waals surface area contributed by atoms with E-state index in [1.165, 1.54) is 15.7 Å². The molecule has 2 aromatic rings. The number of fused-ring (bicyclic) bond motifs is 1. The van der Waals surface area contributed by atoms with Gasteiger partial charge in [0.15, 0.2) is 5.82 Å². The van der Waals surface area contributed by atoms with Crippen LogP contribution in [0, 0.1) is 11.6 Å². The van der Waals surface area contributed by atoms with E-state index in [-0.39, 0.29) is 29.2 Å². The number of likely N-dealkylation sites (tertiary alicyclic amines) is 1. The second-order valence-electron chi connectivity index (χ2n) is 9.11. The highest BCUT2D eigenvalue weighted by molar-refractivity contribution is 5.94. The smallest absolute Gasteiger partial charge is 0.341 e. The van der Waals surface area contributed by atoms with Gasteiger partial charge in [-0.05, 0) is 51.3 Å². The van der Waals surface area contributed by atoms with Gasteiger partial charge in [0.2, 0.25) is 5.43 Å². The Balaban J connectivity index is 1.57. The maximum absolute atomic E-state index is 15.7. The molecule has 3 fully saturated rings. The number of pyridine rings is 1. The van der Waals surface area contributed by atoms with Gasteiger partial charge in [0.05, 0.1) is 16.5 Å². The minimum absolute atomic E-state index is 0.0658. The molecule has 2 N–H and O–H groups in total. The quantitative estimate of drug-likeness (QED) is 0.753. The van der Waals surface area contributed by atoms with Crippen molar-refractivity contribution in [3.05, 3.63) is 39.7 Å². The molecule has 0 amide bonds. The van der Waals surface area contributed by atoms with Gasteiger partial charge in [-0.3, -0.25) is 4.79 Å². The van der Waals surface area contributed by atoms with Crippen LogP contribution in [0.1, 0.15) is 48.5 Å². The summed E-state index contributed by atoms with van der Waals surface area (Å²) < 4.78 is 32.3. The number of carbonyl (C=O) groups is 1. The van der Waals surface area contributed by atoms with Gasteiger partial charge >= 0.3 is 5.97 Å². The topological polar surface area (TPSA) is 86.0 Å². The Bertz CT molecular complexity index is 1120. The third kappa shape index (κ3) is 3.49. The number of aromatic carboxylic acids is 1. The van der Waals surface area contributed by atoms with Crippen molar-refractivity contribution in [3.63, 3.8) is 0 Å². The molecule has 9 heteroatoms. The summed E-state index contributed by atoms with van der Waals surface area (Å²) in [4.78, 5) is 27.8. The van der Waals surface area contributed by atoms with Crippen LogP contribution in [0.3, 0.4) is 0 Å². The molecule has 0 radical (unpaired) electrons. The molecule has 3 heterocycles. The largest absolute Gasteiger partial charge is 0.477 e. The average Bonchev–Trinajstić information content (AvgIpc) is 3.31. The summed E-state index contributed by atoms with van der Waals surface area (Å²) in [5, 5.41) is 20.1. The van der Waals surface area contributed by atoms with Gasteiger partial charge in [-0.25, -0.2) is 13.6 Å². The molecule has 0 bridgehead atoms. The maximum atomic E-state index is 15.7. The fraction of sp³-hybridized carbons (Fsp3) is 0.545. The number of anilines is 1. The second-order valence-corrected chi connectivity index (χ2v) is 9.11. The fourth-order valence-electron chi connectivity index (χ4n) is 5.05. The van der Waals surface area contributed by atoms with Crippen LogP contribution in [-0.2, 0) is 0 Å². The van der Waals surface area contributed by atoms with Crippen molar-refractivity contribution in [1.29, 1.82) is 0 Å². The fourth-order valence-corrected chi connectivity index (χ4v) is 5.05. The molecule has 3 aliphatic rings. The zero-order valence-corrected chi connectivity index (χ0v) is 17.1. The molecule has 1 aromatic carbocycles. The van der Waals surface area contributed by atoms with E-state index in [4.69, 9.17) is 0 Å². The SMILES string of the molecule is O=C(O)c1cn(C2CC2)c2c(F)c(N3CCC(O)(CN4CCCC4)C3)c(F)cc2c1=O. The third-order valence-corrected chi connectivity index (χ3v) is 6.72. The Kier molecular flexibility index (Phi) is 4.78. The molecule has 1 atom stereocenters. The first-order valence-corrected chi connectivity index (χ1v) is 10.8. The molecule has 0 spiro atoms. The van der Waals surface area contributed by atoms with E-state index in [2.05, 4.69) is 4.90 Å². The standard InChI is InChI=1S/C22H25F2N3O4/c23-16-9-14-18(27(13-3-4-13)10-15(20(14)28)21(29)30)17(24)19(16)26-8-5-22(31,12-26)11-25-6-1-2-7-25/h9-10,13,31H,1-8,11-12H2,(H,29,30). The predicted octanol–water partition coefficient (Wildman–Crippen LogP) is 2.35. The summed E-state index contributed by atoms with van der Waals surface area (Å²) in [6.45, 7) is 2.70. The summed E-state index contributed by atoms with van der Waals surface area (Å²) in [5.74, 6) is -3.21. The first kappa shape index (κ1) is 20.4. The van der Waals surface area contributed by atoms with Crippen molar-refractivity contribution in [3.8, 4) is 0 Å². The summed E-state index contributed by atoms with van der Waals surface area (Å²) in [5.41, 5.74) is -2.77. The molecular formula is C22H25F2N3O4. The average molecular weight is 433 g/mol. The zero-order valence-electron chi connectivity index (χ0n) is 17.1. The van der Waals surface area contributed by atoms with E-state index in [1.54, 1.807) is 0 Å². The summed E-state index contributed by atoms with van der Waals surface area (Å²) in [6.07, 6.45) is 5.22. The summed E-state index contributed by atoms with van der Waals surface area (Å²) >= 11 is 0. The van der Waals surface area contributed by atoms with Gasteiger partial charge in [-0.1, -0.05) is 0 Å². The minimum atomic E-state index is -1.42. The summed E-state index contributed by atoms with van der Waals surface area (Å²) in [6, 6.07) is 0.832. The predicted molar refractivity (Wildman–Crippen MR) is 111 cm³/mol. The van der Waals surface area contributed by atoms with Crippen LogP contribution in [0.25, 0.3) is 10.9 Å². The number of hydrogen-bond acceptors (Lipinski definition) is 5. The highest BCUT2D eigenvalue weighted by Crippen LogP contribution is 2.40. The highest BCUT2D eigenvalue weighted by atomic mass is 19.1. The lowest BCUT2D eigenvalue weighted by Gasteiger charge is -2.29. The molecule has 5 rings (SSSR count). The number of halogens is 2. The van der Waals surface area contributed by atoms with Crippen molar-refractivity contribution < 1.29 is 23.8 Å². The first-order valence-electron chi connectivity index (χ1n) is 10.8. The van der Waals surface area contributed by atoms with Crippen LogP contribution in [0.4, 0.5) is 14.5 Å². The number of benzene rings is 1. The van der Waals surface area contributed by atoms with E-state index in [0.29, 0.717) is 19.5 Å². The molecule has 7 nitrogen and oxygen atoms in total. The van der Waals surface area contributed by atoms with Crippen molar-refractivity contribution in [1.82, 2.24) is 9.47 Å². The number of rotatable bonds is 5. The van der Waals surface area contributed by atoms with Crippen molar-refractivity contribution in [2.45, 2.75) is 43.7 Å². The van der Waals surface area contributed by atoms with E-state index in [9.17, 15) is 19.8 Å². The van der Waals surface area contributed by atoms with E-state index in [1.807, 2.05) is 0 Å². The van der Waals surface area contributed by atoms with Crippen molar-refractivity contribution in [2.75, 3.05) is 37.6 Å². The van der Waals surface area contributed by atoms with Gasteiger partial charge in [-0.15, -0.1) is 0 Å². The monoisotopic (exact) mass is 433 g/mol. The second kappa shape index (κ2) is 7.27. The zero-order chi connectivity index (χ0) is 21.9. The van der Waals surface area contributed by atoms with Crippen LogP contribution in [0.2, 0.25) is 0 Å². The van der Waals surface area contributed by atoms with Gasteiger partial charge in [0.1, 0.15) is 17.1 Å². The molecular weight excluding hydrogens is 408 g/mol. The lowest BCUT2D eigenvalue weighted by molar-refractivity contribution is 0.0293. The lowest BCUT2D eigenvalue weighted by Crippen LogP contribution is -2.44. The van der Waals surface area contributed by atoms with E-state index >= 15 is 8.78 Å². The van der Waals surface area contributed by atoms with Crippen LogP contribution in [0.5, 0.6) is 0 Å². The van der Waals surface area contributed by atoms with Gasteiger partial charge < -0.3 is 24.6 Å². The lowest BCUT2D eigenvalue weighted by atomic mass is 10.0. The maximum Gasteiger partial charge on any atom is 0.341 e. The Morgan fingerprint density at radius 3 is 2.55 bits per heavy atom. The Morgan fingerprint density at radius 2 is 1.90 bits per heavy atom. The minimum Gasteiger partial charge on any atom is -0.477 e. The Labute approximate surface area is 177 Å². The molecule has 2 saturated heterocycles. The van der Waals surface area contributed by atoms with E-state index < -0.39 is 34.2 Å². The normalized spacial score (nSPS) is 24.4. The highest BCUT2D eigenvalue weighted by Gasteiger charge is 2.40. The molecule has 1 unspecified atom stereocenters. The molecule has 1 aliphatic carbocycles. The van der Waals surface area contributed by atoms with Crippen LogP contribution in [-0.4, -0.2) is 64.0 Å². The van der Waals surface area contributed by atoms with Gasteiger partial charge in [0, 0.05) is 31.9 Å². The number of aliphatic hydroxyl groups is 1. The number of hydrogen-bond donors (Lipinski definition) is 2. The molecule has 1 saturated carbocycles. The molecule has 1 aromatic heterocycles. The summed E-state index contributed by atoms with van der Waals surface area (Å²) in [7, 11) is 0. The number of β-amino-alcohol motifs (C(OH)–C–C–N with tert-alkyl or cyclic N) is 1. The van der Waals surface area contributed by atoms with E-state index in [0.717, 1.165) is 44.8 Å². The van der Waals surface area contributed by atoms with Crippen molar-refractivity contribution >= 4 is 22.6 Å². The number of carboxylic acid groups (broad SMARTS) is 1. The van der Waals surface area contributed by atoms with Crippen LogP contribution >= 0.6 is 0 Å². The van der Waals surface area contributed by atoms with Crippen LogP contribution in [0.15, 0.2) is 17.1 Å². The molecule has 166 valence electrons. The third-order valence-electron chi connectivity index (χ3n) is 6.72. The van der Waals surface area contributed by atoms with Crippen LogP contribution < -0.4 is 10.3 Å². The molecule has 2 aliphatic heterocycles. The number of nitrogens with zero attached hydrogens (tertiary/aromatic N) is 3. The first-order chi connectivity index (χ1) is 14.8. The Hall–Kier alpha value is -2.52. The number of aromatic nitrogens is 1.